The molecule has 3 saturated carbocycles. The molecule has 1 heterocycles. The molecule has 3 fully saturated rings. The molecule has 3 nitrogen and oxygen atoms in total. The molecule has 20 heavy (non-hydrogen) atoms. The maximum Gasteiger partial charge on any atom is 0.113 e. The number of fused-ring (bicyclic) bond motifs is 6. The number of benzene rings is 1. The van der Waals surface area contributed by atoms with Crippen molar-refractivity contribution in [2.45, 2.75) is 31.7 Å². The smallest absolute Gasteiger partial charge is 0.113 e. The Morgan fingerprint density at radius 3 is 2.70 bits per heavy atom. The summed E-state index contributed by atoms with van der Waals surface area (Å²) in [4.78, 5) is 4.97. The van der Waals surface area contributed by atoms with E-state index >= 15 is 0 Å². The van der Waals surface area contributed by atoms with Gasteiger partial charge >= 0.3 is 0 Å². The molecule has 0 amide bonds. The largest absolute Gasteiger partial charge is 0.331 e. The monoisotopic (exact) mass is 267 g/mol. The van der Waals surface area contributed by atoms with Crippen LogP contribution in [0.4, 0.5) is 0 Å². The maximum absolute atomic E-state index is 5.74. The van der Waals surface area contributed by atoms with Gasteiger partial charge in [-0.25, -0.2) is 4.98 Å². The molecule has 0 saturated heterocycles. The lowest BCUT2D eigenvalue weighted by Crippen LogP contribution is -2.03. The number of aromatic nitrogens is 2. The molecule has 0 radical (unpaired) electrons. The van der Waals surface area contributed by atoms with Gasteiger partial charge in [0.1, 0.15) is 5.82 Å². The van der Waals surface area contributed by atoms with Crippen LogP contribution in [0.25, 0.3) is 11.0 Å². The fourth-order valence-corrected chi connectivity index (χ4v) is 5.36. The molecule has 3 aliphatic rings. The minimum Gasteiger partial charge on any atom is -0.331 e. The Hall–Kier alpha value is -1.35. The first-order valence-corrected chi connectivity index (χ1v) is 7.93. The van der Waals surface area contributed by atoms with Crippen molar-refractivity contribution in [1.82, 2.24) is 9.55 Å². The van der Waals surface area contributed by atoms with Crippen molar-refractivity contribution >= 4 is 11.0 Å². The summed E-state index contributed by atoms with van der Waals surface area (Å²) in [6, 6.07) is 6.47. The van der Waals surface area contributed by atoms with Gasteiger partial charge in [0.25, 0.3) is 0 Å². The normalized spacial score (nSPS) is 37.6. The molecular formula is C17H21N3. The van der Waals surface area contributed by atoms with Crippen LogP contribution in [0.1, 0.15) is 36.6 Å². The third-order valence-corrected chi connectivity index (χ3v) is 6.25. The van der Waals surface area contributed by atoms with Crippen LogP contribution in [0.3, 0.4) is 0 Å². The van der Waals surface area contributed by atoms with Crippen LogP contribution in [-0.2, 0) is 13.6 Å². The zero-order valence-electron chi connectivity index (χ0n) is 11.9. The highest BCUT2D eigenvalue weighted by Crippen LogP contribution is 2.72. The highest BCUT2D eigenvalue weighted by Gasteiger charge is 2.66. The van der Waals surface area contributed by atoms with Crippen molar-refractivity contribution < 1.29 is 0 Å². The van der Waals surface area contributed by atoms with Crippen molar-refractivity contribution in [2.24, 2.45) is 36.5 Å². The Kier molecular flexibility index (Phi) is 2.06. The van der Waals surface area contributed by atoms with Crippen molar-refractivity contribution in [3.63, 3.8) is 0 Å². The fraction of sp³-hybridized carbons (Fsp3) is 0.588. The molecule has 0 aliphatic heterocycles. The predicted octanol–water partition coefficient (Wildman–Crippen LogP) is 2.79. The van der Waals surface area contributed by atoms with Crippen LogP contribution in [0, 0.1) is 23.7 Å². The lowest BCUT2D eigenvalue weighted by atomic mass is 10.0. The van der Waals surface area contributed by atoms with Crippen LogP contribution < -0.4 is 5.73 Å². The first-order valence-electron chi connectivity index (χ1n) is 7.93. The van der Waals surface area contributed by atoms with Crippen molar-refractivity contribution in [3.05, 3.63) is 29.6 Å². The molecule has 104 valence electrons. The summed E-state index contributed by atoms with van der Waals surface area (Å²) in [5.74, 6) is 6.01. The van der Waals surface area contributed by atoms with E-state index in [-0.39, 0.29) is 0 Å². The van der Waals surface area contributed by atoms with Gasteiger partial charge in [0.15, 0.2) is 0 Å². The molecule has 2 aromatic rings. The standard InChI is InChI=1S/C17H21N3/c1-20-13-5-2-9(8-18)6-12(13)19-17(20)16-14-10-3-4-11(7-10)15(14)16/h2,5-6,10-11,14-16H,3-4,7-8,18H2,1H3. The van der Waals surface area contributed by atoms with Gasteiger partial charge in [-0.15, -0.1) is 0 Å². The molecule has 4 atom stereocenters. The van der Waals surface area contributed by atoms with E-state index in [0.29, 0.717) is 6.54 Å². The number of aryl methyl sites for hydroxylation is 1. The van der Waals surface area contributed by atoms with Crippen LogP contribution in [0.2, 0.25) is 0 Å². The van der Waals surface area contributed by atoms with E-state index in [1.165, 1.54) is 36.2 Å². The average Bonchev–Trinajstić information content (AvgIpc) is 2.80. The summed E-state index contributed by atoms with van der Waals surface area (Å²) in [5, 5.41) is 0. The van der Waals surface area contributed by atoms with Gasteiger partial charge in [0.05, 0.1) is 11.0 Å². The summed E-state index contributed by atoms with van der Waals surface area (Å²) < 4.78 is 2.33. The SMILES string of the molecule is Cn1c(C2C3C4CCC(C4)C23)nc2cc(CN)ccc21. The van der Waals surface area contributed by atoms with Gasteiger partial charge < -0.3 is 10.3 Å². The van der Waals surface area contributed by atoms with Crippen molar-refractivity contribution in [1.29, 1.82) is 0 Å². The molecule has 2 bridgehead atoms. The topological polar surface area (TPSA) is 43.8 Å². The molecule has 1 aromatic carbocycles. The van der Waals surface area contributed by atoms with Gasteiger partial charge in [-0.3, -0.25) is 0 Å². The summed E-state index contributed by atoms with van der Waals surface area (Å²) in [6.45, 7) is 0.598. The van der Waals surface area contributed by atoms with Crippen LogP contribution in [-0.4, -0.2) is 9.55 Å². The maximum atomic E-state index is 5.74. The first-order chi connectivity index (χ1) is 9.78. The highest BCUT2D eigenvalue weighted by atomic mass is 15.1. The van der Waals surface area contributed by atoms with E-state index in [0.717, 1.165) is 35.1 Å². The zero-order chi connectivity index (χ0) is 13.4. The van der Waals surface area contributed by atoms with Gasteiger partial charge in [0.2, 0.25) is 0 Å². The summed E-state index contributed by atoms with van der Waals surface area (Å²) in [6.07, 6.45) is 4.46. The summed E-state index contributed by atoms with van der Waals surface area (Å²) in [5.41, 5.74) is 9.31. The second-order valence-corrected chi connectivity index (χ2v) is 7.07. The van der Waals surface area contributed by atoms with E-state index in [2.05, 4.69) is 29.8 Å². The van der Waals surface area contributed by atoms with E-state index < -0.39 is 0 Å². The minimum atomic E-state index is 0.598. The van der Waals surface area contributed by atoms with E-state index in [9.17, 15) is 0 Å². The lowest BCUT2D eigenvalue weighted by molar-refractivity contribution is 0.456. The molecule has 1 aromatic heterocycles. The number of imidazole rings is 1. The van der Waals surface area contributed by atoms with E-state index in [1.54, 1.807) is 0 Å². The molecule has 5 rings (SSSR count). The Morgan fingerprint density at radius 1 is 1.25 bits per heavy atom. The second-order valence-electron chi connectivity index (χ2n) is 7.07. The molecule has 3 heteroatoms. The zero-order valence-corrected chi connectivity index (χ0v) is 11.9. The van der Waals surface area contributed by atoms with Crippen LogP contribution in [0.5, 0.6) is 0 Å². The lowest BCUT2D eigenvalue weighted by Gasteiger charge is -2.08. The molecule has 3 aliphatic carbocycles. The van der Waals surface area contributed by atoms with E-state index in [1.807, 2.05) is 0 Å². The Bertz CT molecular complexity index is 686. The third kappa shape index (κ3) is 1.27. The molecular weight excluding hydrogens is 246 g/mol. The van der Waals surface area contributed by atoms with Gasteiger partial charge in [-0.2, -0.15) is 0 Å². The number of hydrogen-bond donors (Lipinski definition) is 1. The van der Waals surface area contributed by atoms with Gasteiger partial charge in [0, 0.05) is 19.5 Å². The van der Waals surface area contributed by atoms with Crippen molar-refractivity contribution in [2.75, 3.05) is 0 Å². The fourth-order valence-electron chi connectivity index (χ4n) is 5.36. The van der Waals surface area contributed by atoms with Crippen LogP contribution >= 0.6 is 0 Å². The summed E-state index contributed by atoms with van der Waals surface area (Å²) in [7, 11) is 2.18. The molecule has 0 spiro atoms. The Morgan fingerprint density at radius 2 is 2.00 bits per heavy atom. The number of rotatable bonds is 2. The number of hydrogen-bond acceptors (Lipinski definition) is 2. The van der Waals surface area contributed by atoms with E-state index in [4.69, 9.17) is 10.7 Å². The quantitative estimate of drug-likeness (QED) is 0.909. The van der Waals surface area contributed by atoms with Gasteiger partial charge in [-0.05, 0) is 60.6 Å². The first kappa shape index (κ1) is 11.3. The Balaban J connectivity index is 1.59. The van der Waals surface area contributed by atoms with Gasteiger partial charge in [-0.1, -0.05) is 6.07 Å². The predicted molar refractivity (Wildman–Crippen MR) is 79.2 cm³/mol. The Labute approximate surface area is 119 Å². The average molecular weight is 267 g/mol. The summed E-state index contributed by atoms with van der Waals surface area (Å²) >= 11 is 0. The number of nitrogens with zero attached hydrogens (tertiary/aromatic N) is 2. The molecule has 4 unspecified atom stereocenters. The van der Waals surface area contributed by atoms with Crippen molar-refractivity contribution in [3.8, 4) is 0 Å². The third-order valence-electron chi connectivity index (χ3n) is 6.25. The molecule has 2 N–H and O–H groups in total. The second kappa shape index (κ2) is 3.64. The minimum absolute atomic E-state index is 0.598. The van der Waals surface area contributed by atoms with Crippen LogP contribution in [0.15, 0.2) is 18.2 Å². The number of nitrogens with two attached hydrogens (primary N) is 1. The highest BCUT2D eigenvalue weighted by molar-refractivity contribution is 5.77.